The van der Waals surface area contributed by atoms with Crippen molar-refractivity contribution in [2.75, 3.05) is 57.3 Å². The van der Waals surface area contributed by atoms with Gasteiger partial charge in [0, 0.05) is 55.1 Å². The van der Waals surface area contributed by atoms with E-state index < -0.39 is 12.7 Å². The number of nitrogens with two attached hydrogens (primary N) is 1. The molecule has 11 heteroatoms. The molecule has 0 aliphatic rings. The zero-order valence-corrected chi connectivity index (χ0v) is 21.2. The molecule has 0 saturated heterocycles. The molecule has 8 nitrogen and oxygen atoms in total. The third-order valence-electron chi connectivity index (χ3n) is 5.96. The van der Waals surface area contributed by atoms with Crippen molar-refractivity contribution in [1.29, 1.82) is 0 Å². The number of anilines is 4. The van der Waals surface area contributed by atoms with Crippen LogP contribution < -0.4 is 20.7 Å². The Balaban J connectivity index is 1.65. The first-order chi connectivity index (χ1) is 17.6. The zero-order valence-electron chi connectivity index (χ0n) is 21.2. The van der Waals surface area contributed by atoms with Crippen LogP contribution in [0, 0.1) is 0 Å². The second-order valence-corrected chi connectivity index (χ2v) is 9.03. The van der Waals surface area contributed by atoms with Crippen molar-refractivity contribution in [3.63, 3.8) is 0 Å². The summed E-state index contributed by atoms with van der Waals surface area (Å²) >= 11 is 0. The number of hydrogen-bond acceptors (Lipinski definition) is 7. The summed E-state index contributed by atoms with van der Waals surface area (Å²) in [6.07, 6.45) is -1.32. The number of ether oxygens (including phenoxy) is 1. The lowest BCUT2D eigenvalue weighted by molar-refractivity contribution is -0.139. The van der Waals surface area contributed by atoms with Gasteiger partial charge in [0.05, 0.1) is 29.9 Å². The number of benzene rings is 2. The summed E-state index contributed by atoms with van der Waals surface area (Å²) in [5.41, 5.74) is 9.85. The average molecular weight is 514 g/mol. The lowest BCUT2D eigenvalue weighted by Crippen LogP contribution is -2.29. The first kappa shape index (κ1) is 26.1. The first-order valence-corrected chi connectivity index (χ1v) is 11.6. The Morgan fingerprint density at radius 2 is 1.84 bits per heavy atom. The summed E-state index contributed by atoms with van der Waals surface area (Å²) < 4.78 is 46.3. The molecule has 2 aromatic carbocycles. The van der Waals surface area contributed by atoms with E-state index in [9.17, 15) is 13.2 Å². The molecule has 4 aromatic rings. The van der Waals surface area contributed by atoms with Crippen molar-refractivity contribution in [1.82, 2.24) is 19.4 Å². The van der Waals surface area contributed by atoms with Gasteiger partial charge >= 0.3 is 6.18 Å². The molecular weight excluding hydrogens is 483 g/mol. The minimum absolute atomic E-state index is 0.261. The highest BCUT2D eigenvalue weighted by Crippen LogP contribution is 2.37. The highest BCUT2D eigenvalue weighted by molar-refractivity contribution is 5.95. The molecule has 0 aliphatic carbocycles. The summed E-state index contributed by atoms with van der Waals surface area (Å²) in [6.45, 7) is 0.550. The topological polar surface area (TPSA) is 84.5 Å². The van der Waals surface area contributed by atoms with E-state index in [0.29, 0.717) is 39.3 Å². The van der Waals surface area contributed by atoms with Gasteiger partial charge in [-0.2, -0.15) is 13.2 Å². The Morgan fingerprint density at radius 1 is 1.08 bits per heavy atom. The molecule has 0 bridgehead atoms. The Hall–Kier alpha value is -3.99. The van der Waals surface area contributed by atoms with E-state index in [1.807, 2.05) is 27.2 Å². The van der Waals surface area contributed by atoms with Gasteiger partial charge in [0.2, 0.25) is 5.95 Å². The Labute approximate surface area is 213 Å². The van der Waals surface area contributed by atoms with Crippen LogP contribution in [0.4, 0.5) is 36.2 Å². The second-order valence-electron chi connectivity index (χ2n) is 9.03. The van der Waals surface area contributed by atoms with Crippen molar-refractivity contribution in [2.24, 2.45) is 0 Å². The average Bonchev–Trinajstić information content (AvgIpc) is 3.20. The number of halogens is 3. The monoisotopic (exact) mass is 513 g/mol. The second kappa shape index (κ2) is 10.6. The number of nitrogen functional groups attached to an aromatic ring is 1. The highest BCUT2D eigenvalue weighted by Gasteiger charge is 2.29. The molecule has 0 atom stereocenters. The van der Waals surface area contributed by atoms with Crippen LogP contribution in [-0.4, -0.2) is 67.0 Å². The summed E-state index contributed by atoms with van der Waals surface area (Å²) in [5, 5.41) is 3.81. The van der Waals surface area contributed by atoms with Crippen LogP contribution in [0.2, 0.25) is 0 Å². The van der Waals surface area contributed by atoms with Gasteiger partial charge in [-0.15, -0.1) is 0 Å². The van der Waals surface area contributed by atoms with E-state index in [-0.39, 0.29) is 5.95 Å². The Morgan fingerprint density at radius 3 is 2.54 bits per heavy atom. The van der Waals surface area contributed by atoms with Crippen LogP contribution in [0.25, 0.3) is 22.2 Å². The third-order valence-corrected chi connectivity index (χ3v) is 5.96. The standard InChI is InChI=1S/C26H30F3N7O/c1-34(2)11-12-35(3)23-14-24(37-4)21(13-19(23)30)33-25-31-10-9-20(32-25)18-15-36(16-26(27,28)29)22-8-6-5-7-17(18)22/h5-10,13-15H,11-12,16,30H2,1-4H3,(H,31,32,33). The largest absolute Gasteiger partial charge is 0.494 e. The summed E-state index contributed by atoms with van der Waals surface area (Å²) in [6, 6.07) is 12.2. The smallest absolute Gasteiger partial charge is 0.406 e. The van der Waals surface area contributed by atoms with Crippen LogP contribution in [0.1, 0.15) is 0 Å². The molecule has 2 heterocycles. The van der Waals surface area contributed by atoms with Gasteiger partial charge in [0.25, 0.3) is 0 Å². The van der Waals surface area contributed by atoms with E-state index >= 15 is 0 Å². The number of aromatic nitrogens is 3. The Bertz CT molecular complexity index is 1380. The molecule has 2 aromatic heterocycles. The molecule has 196 valence electrons. The molecule has 3 N–H and O–H groups in total. The number of para-hydroxylation sites is 1. The molecule has 0 saturated carbocycles. The van der Waals surface area contributed by atoms with Gasteiger partial charge in [-0.25, -0.2) is 9.97 Å². The fourth-order valence-electron chi connectivity index (χ4n) is 4.12. The molecule has 4 rings (SSSR count). The molecule has 0 unspecified atom stereocenters. The van der Waals surface area contributed by atoms with Crippen molar-refractivity contribution in [3.05, 3.63) is 54.9 Å². The highest BCUT2D eigenvalue weighted by atomic mass is 19.4. The van der Waals surface area contributed by atoms with Gasteiger partial charge < -0.3 is 30.2 Å². The number of nitrogens with one attached hydrogen (secondary N) is 1. The number of alkyl halides is 3. The third kappa shape index (κ3) is 6.05. The van der Waals surface area contributed by atoms with E-state index in [4.69, 9.17) is 10.5 Å². The van der Waals surface area contributed by atoms with E-state index in [0.717, 1.165) is 18.8 Å². The van der Waals surface area contributed by atoms with Crippen LogP contribution >= 0.6 is 0 Å². The molecule has 0 amide bonds. The van der Waals surface area contributed by atoms with E-state index in [1.165, 1.54) is 10.8 Å². The predicted molar refractivity (Wildman–Crippen MR) is 142 cm³/mol. The van der Waals surface area contributed by atoms with Gasteiger partial charge in [-0.3, -0.25) is 0 Å². The van der Waals surface area contributed by atoms with Crippen molar-refractivity contribution >= 4 is 33.9 Å². The van der Waals surface area contributed by atoms with Gasteiger partial charge in [0.15, 0.2) is 0 Å². The lowest BCUT2D eigenvalue weighted by Gasteiger charge is -2.24. The predicted octanol–water partition coefficient (Wildman–Crippen LogP) is 4.99. The summed E-state index contributed by atoms with van der Waals surface area (Å²) in [7, 11) is 7.54. The maximum absolute atomic E-state index is 13.2. The lowest BCUT2D eigenvalue weighted by atomic mass is 10.1. The number of nitrogens with zero attached hydrogens (tertiary/aromatic N) is 5. The van der Waals surface area contributed by atoms with Gasteiger partial charge in [-0.1, -0.05) is 18.2 Å². The summed E-state index contributed by atoms with van der Waals surface area (Å²) in [4.78, 5) is 13.0. The van der Waals surface area contributed by atoms with Crippen LogP contribution in [0.15, 0.2) is 54.9 Å². The van der Waals surface area contributed by atoms with Crippen molar-refractivity contribution in [2.45, 2.75) is 12.7 Å². The molecule has 0 radical (unpaired) electrons. The molecule has 0 fully saturated rings. The van der Waals surface area contributed by atoms with Crippen LogP contribution in [0.3, 0.4) is 0 Å². The fourth-order valence-corrected chi connectivity index (χ4v) is 4.12. The summed E-state index contributed by atoms with van der Waals surface area (Å²) in [5.74, 6) is 0.813. The molecular formula is C26H30F3N7O. The number of hydrogen-bond donors (Lipinski definition) is 2. The van der Waals surface area contributed by atoms with Crippen LogP contribution in [0.5, 0.6) is 5.75 Å². The van der Waals surface area contributed by atoms with Crippen molar-refractivity contribution < 1.29 is 17.9 Å². The van der Waals surface area contributed by atoms with Gasteiger partial charge in [0.1, 0.15) is 12.3 Å². The molecule has 0 aliphatic heterocycles. The maximum atomic E-state index is 13.2. The number of rotatable bonds is 9. The Kier molecular flexibility index (Phi) is 7.44. The zero-order chi connectivity index (χ0) is 26.7. The number of likely N-dealkylation sites (N-methyl/N-ethyl adjacent to an activating group) is 2. The fraction of sp³-hybridized carbons (Fsp3) is 0.308. The number of fused-ring (bicyclic) bond motifs is 1. The maximum Gasteiger partial charge on any atom is 0.406 e. The van der Waals surface area contributed by atoms with E-state index in [1.54, 1.807) is 49.7 Å². The normalized spacial score (nSPS) is 11.8. The number of methoxy groups -OCH3 is 1. The first-order valence-electron chi connectivity index (χ1n) is 11.6. The minimum atomic E-state index is -4.35. The SMILES string of the molecule is COc1cc(N(C)CCN(C)C)c(N)cc1Nc1nccc(-c2cn(CC(F)(F)F)c3ccccc23)n1. The molecule has 37 heavy (non-hydrogen) atoms. The minimum Gasteiger partial charge on any atom is -0.494 e. The quantitative estimate of drug-likeness (QED) is 0.305. The molecule has 0 spiro atoms. The van der Waals surface area contributed by atoms with E-state index in [2.05, 4.69) is 25.1 Å². The van der Waals surface area contributed by atoms with Crippen molar-refractivity contribution in [3.8, 4) is 17.0 Å². The van der Waals surface area contributed by atoms with Crippen LogP contribution in [-0.2, 0) is 6.54 Å². The van der Waals surface area contributed by atoms with Gasteiger partial charge in [-0.05, 0) is 32.3 Å².